The number of piperidine rings is 1. The first kappa shape index (κ1) is 12.9. The van der Waals surface area contributed by atoms with Crippen LogP contribution in [0.25, 0.3) is 0 Å². The number of benzene rings is 1. The minimum absolute atomic E-state index is 0.322. The molecule has 2 rings (SSSR count). The Labute approximate surface area is 108 Å². The molecular weight excluding hydrogens is 228 g/mol. The molecule has 0 spiro atoms. The Balaban J connectivity index is 2.20. The Morgan fingerprint density at radius 2 is 1.89 bits per heavy atom. The Bertz CT molecular complexity index is 424. The number of nitrogens with zero attached hydrogens (tertiary/aromatic N) is 1. The largest absolute Gasteiger partial charge is 0.478 e. The maximum Gasteiger partial charge on any atom is 0.337 e. The number of carboxylic acids is 1. The van der Waals surface area contributed by atoms with Gasteiger partial charge in [0, 0.05) is 12.1 Å². The van der Waals surface area contributed by atoms with Crippen LogP contribution in [0.5, 0.6) is 0 Å². The summed E-state index contributed by atoms with van der Waals surface area (Å²) in [6.45, 7) is 4.35. The second-order valence-corrected chi connectivity index (χ2v) is 5.00. The van der Waals surface area contributed by atoms with Gasteiger partial charge in [-0.15, -0.1) is 0 Å². The molecule has 0 saturated carbocycles. The Hall–Kier alpha value is -1.55. The van der Waals surface area contributed by atoms with Crippen LogP contribution >= 0.6 is 0 Å². The van der Waals surface area contributed by atoms with Crippen LogP contribution in [0, 0.1) is 0 Å². The number of aromatic carboxylic acids is 1. The summed E-state index contributed by atoms with van der Waals surface area (Å²) in [5.74, 6) is -0.893. The molecule has 1 aliphatic rings. The second-order valence-electron chi connectivity index (χ2n) is 5.00. The Morgan fingerprint density at radius 1 is 1.28 bits per heavy atom. The van der Waals surface area contributed by atoms with E-state index in [1.165, 1.54) is 6.42 Å². The summed E-state index contributed by atoms with van der Waals surface area (Å²) < 4.78 is 0. The summed E-state index contributed by atoms with van der Waals surface area (Å²) in [6.07, 6.45) is 3.53. The smallest absolute Gasteiger partial charge is 0.337 e. The number of hydrogen-bond donors (Lipinski definition) is 2. The number of para-hydroxylation sites is 1. The lowest BCUT2D eigenvalue weighted by Crippen LogP contribution is -2.47. The highest BCUT2D eigenvalue weighted by Gasteiger charge is 2.25. The fraction of sp³-hybridized carbons (Fsp3) is 0.500. The van der Waals surface area contributed by atoms with Crippen molar-refractivity contribution in [2.24, 2.45) is 0 Å². The third kappa shape index (κ3) is 2.64. The number of hydrazine groups is 1. The number of carboxylic acid groups (broad SMARTS) is 1. The molecule has 2 N–H and O–H groups in total. The zero-order valence-corrected chi connectivity index (χ0v) is 10.9. The highest BCUT2D eigenvalue weighted by atomic mass is 16.4. The highest BCUT2D eigenvalue weighted by Crippen LogP contribution is 2.25. The second kappa shape index (κ2) is 5.40. The molecule has 0 radical (unpaired) electrons. The van der Waals surface area contributed by atoms with Crippen molar-refractivity contribution in [1.29, 1.82) is 0 Å². The van der Waals surface area contributed by atoms with E-state index in [2.05, 4.69) is 24.3 Å². The number of carbonyl (C=O) groups is 1. The monoisotopic (exact) mass is 248 g/mol. The van der Waals surface area contributed by atoms with Crippen LogP contribution in [0.3, 0.4) is 0 Å². The van der Waals surface area contributed by atoms with Gasteiger partial charge in [0.25, 0.3) is 0 Å². The van der Waals surface area contributed by atoms with E-state index in [-0.39, 0.29) is 0 Å². The molecule has 18 heavy (non-hydrogen) atoms. The lowest BCUT2D eigenvalue weighted by molar-refractivity contribution is 0.0696. The predicted octanol–water partition coefficient (Wildman–Crippen LogP) is 2.97. The molecule has 2 atom stereocenters. The van der Waals surface area contributed by atoms with Crippen molar-refractivity contribution in [3.05, 3.63) is 29.8 Å². The normalized spacial score (nSPS) is 24.8. The average Bonchev–Trinajstić information content (AvgIpc) is 2.34. The average molecular weight is 248 g/mol. The molecule has 4 heteroatoms. The zero-order valence-electron chi connectivity index (χ0n) is 10.9. The van der Waals surface area contributed by atoms with Crippen molar-refractivity contribution in [3.8, 4) is 0 Å². The molecule has 1 fully saturated rings. The SMILES string of the molecule is CC1CCCC(C)N1Nc1ccccc1C(=O)O. The number of rotatable bonds is 3. The molecule has 1 aromatic carbocycles. The molecule has 2 unspecified atom stereocenters. The molecule has 98 valence electrons. The van der Waals surface area contributed by atoms with Gasteiger partial charge in [-0.25, -0.2) is 9.80 Å². The van der Waals surface area contributed by atoms with E-state index < -0.39 is 5.97 Å². The number of anilines is 1. The van der Waals surface area contributed by atoms with Gasteiger partial charge in [0.2, 0.25) is 0 Å². The predicted molar refractivity (Wildman–Crippen MR) is 71.6 cm³/mol. The van der Waals surface area contributed by atoms with Gasteiger partial charge in [-0.2, -0.15) is 0 Å². The van der Waals surface area contributed by atoms with Crippen molar-refractivity contribution in [2.45, 2.75) is 45.2 Å². The quantitative estimate of drug-likeness (QED) is 0.863. The molecule has 1 aromatic rings. The van der Waals surface area contributed by atoms with Crippen molar-refractivity contribution in [1.82, 2.24) is 5.01 Å². The minimum atomic E-state index is -0.893. The number of nitrogens with one attached hydrogen (secondary N) is 1. The van der Waals surface area contributed by atoms with Gasteiger partial charge in [0.1, 0.15) is 0 Å². The molecule has 0 amide bonds. The first-order valence-corrected chi connectivity index (χ1v) is 6.47. The van der Waals surface area contributed by atoms with Crippen LogP contribution < -0.4 is 5.43 Å². The van der Waals surface area contributed by atoms with E-state index in [4.69, 9.17) is 5.11 Å². The van der Waals surface area contributed by atoms with Crippen molar-refractivity contribution in [2.75, 3.05) is 5.43 Å². The van der Waals surface area contributed by atoms with E-state index in [9.17, 15) is 4.79 Å². The van der Waals surface area contributed by atoms with E-state index in [1.807, 2.05) is 12.1 Å². The molecule has 1 heterocycles. The maximum atomic E-state index is 11.2. The topological polar surface area (TPSA) is 52.6 Å². The molecule has 4 nitrogen and oxygen atoms in total. The van der Waals surface area contributed by atoms with Gasteiger partial charge >= 0.3 is 5.97 Å². The van der Waals surface area contributed by atoms with Crippen molar-refractivity contribution in [3.63, 3.8) is 0 Å². The van der Waals surface area contributed by atoms with Crippen LogP contribution in [0.2, 0.25) is 0 Å². The Kier molecular flexibility index (Phi) is 3.87. The molecule has 0 aliphatic carbocycles. The summed E-state index contributed by atoms with van der Waals surface area (Å²) in [6, 6.07) is 7.90. The summed E-state index contributed by atoms with van der Waals surface area (Å²) in [7, 11) is 0. The van der Waals surface area contributed by atoms with Crippen molar-refractivity contribution >= 4 is 11.7 Å². The lowest BCUT2D eigenvalue weighted by atomic mass is 10.00. The van der Waals surface area contributed by atoms with Gasteiger partial charge in [-0.05, 0) is 38.8 Å². The fourth-order valence-corrected chi connectivity index (χ4v) is 2.55. The van der Waals surface area contributed by atoms with E-state index in [1.54, 1.807) is 12.1 Å². The van der Waals surface area contributed by atoms with Crippen molar-refractivity contribution < 1.29 is 9.90 Å². The third-order valence-corrected chi connectivity index (χ3v) is 3.60. The van der Waals surface area contributed by atoms with E-state index >= 15 is 0 Å². The summed E-state index contributed by atoms with van der Waals surface area (Å²) in [5, 5.41) is 11.3. The lowest BCUT2D eigenvalue weighted by Gasteiger charge is -2.39. The summed E-state index contributed by atoms with van der Waals surface area (Å²) in [5.41, 5.74) is 4.28. The van der Waals surface area contributed by atoms with Crippen LogP contribution in [0.1, 0.15) is 43.5 Å². The minimum Gasteiger partial charge on any atom is -0.478 e. The van der Waals surface area contributed by atoms with Gasteiger partial charge in [0.15, 0.2) is 0 Å². The first-order chi connectivity index (χ1) is 8.59. The van der Waals surface area contributed by atoms with E-state index in [0.29, 0.717) is 23.3 Å². The van der Waals surface area contributed by atoms with Gasteiger partial charge in [-0.1, -0.05) is 18.6 Å². The van der Waals surface area contributed by atoms with Crippen LogP contribution in [-0.2, 0) is 0 Å². The van der Waals surface area contributed by atoms with Crippen LogP contribution in [0.15, 0.2) is 24.3 Å². The van der Waals surface area contributed by atoms with E-state index in [0.717, 1.165) is 12.8 Å². The Morgan fingerprint density at radius 3 is 2.50 bits per heavy atom. The van der Waals surface area contributed by atoms with Crippen LogP contribution in [-0.4, -0.2) is 28.2 Å². The molecular formula is C14H20N2O2. The first-order valence-electron chi connectivity index (χ1n) is 6.47. The van der Waals surface area contributed by atoms with Gasteiger partial charge in [-0.3, -0.25) is 0 Å². The molecule has 0 bridgehead atoms. The number of hydrogen-bond acceptors (Lipinski definition) is 3. The third-order valence-electron chi connectivity index (χ3n) is 3.60. The maximum absolute atomic E-state index is 11.2. The standard InChI is InChI=1S/C14H20N2O2/c1-10-6-5-7-11(2)16(10)15-13-9-4-3-8-12(13)14(17)18/h3-4,8-11,15H,5-7H2,1-2H3,(H,17,18). The summed E-state index contributed by atoms with van der Waals surface area (Å²) >= 11 is 0. The zero-order chi connectivity index (χ0) is 13.1. The van der Waals surface area contributed by atoms with Gasteiger partial charge in [0.05, 0.1) is 11.3 Å². The molecule has 0 aromatic heterocycles. The summed E-state index contributed by atoms with van der Waals surface area (Å²) in [4.78, 5) is 11.2. The molecule has 1 saturated heterocycles. The molecule has 1 aliphatic heterocycles. The van der Waals surface area contributed by atoms with Gasteiger partial charge < -0.3 is 10.5 Å². The highest BCUT2D eigenvalue weighted by molar-refractivity contribution is 5.94. The van der Waals surface area contributed by atoms with Crippen LogP contribution in [0.4, 0.5) is 5.69 Å². The fourth-order valence-electron chi connectivity index (χ4n) is 2.55.